The maximum atomic E-state index is 5.53. The van der Waals surface area contributed by atoms with Crippen LogP contribution >= 0.6 is 0 Å². The largest absolute Gasteiger partial charge is 0.444 e. The van der Waals surface area contributed by atoms with Crippen LogP contribution in [0.1, 0.15) is 32.9 Å². The summed E-state index contributed by atoms with van der Waals surface area (Å²) in [6, 6.07) is 9.88. The molecule has 0 saturated carbocycles. The third-order valence-corrected chi connectivity index (χ3v) is 3.33. The van der Waals surface area contributed by atoms with Crippen molar-refractivity contribution in [1.29, 1.82) is 0 Å². The van der Waals surface area contributed by atoms with Crippen molar-refractivity contribution in [1.82, 2.24) is 15.6 Å². The summed E-state index contributed by atoms with van der Waals surface area (Å²) in [5.41, 5.74) is 1.80. The Bertz CT molecular complexity index is 604. The minimum Gasteiger partial charge on any atom is -0.444 e. The molecule has 0 amide bonds. The molecule has 0 aliphatic rings. The summed E-state index contributed by atoms with van der Waals surface area (Å²) < 4.78 is 5.53. The molecule has 0 aliphatic heterocycles. The Morgan fingerprint density at radius 2 is 2.00 bits per heavy atom. The van der Waals surface area contributed by atoms with Crippen LogP contribution in [0.2, 0.25) is 0 Å². The molecule has 2 aromatic rings. The van der Waals surface area contributed by atoms with Gasteiger partial charge >= 0.3 is 0 Å². The van der Waals surface area contributed by atoms with Crippen molar-refractivity contribution in [3.8, 4) is 11.5 Å². The van der Waals surface area contributed by atoms with Crippen molar-refractivity contribution in [3.63, 3.8) is 0 Å². The summed E-state index contributed by atoms with van der Waals surface area (Å²) in [6.07, 6.45) is 2.79. The lowest BCUT2D eigenvalue weighted by Crippen LogP contribution is -2.38. The normalized spacial score (nSPS) is 11.7. The highest BCUT2D eigenvalue weighted by Gasteiger charge is 2.06. The van der Waals surface area contributed by atoms with Gasteiger partial charge in [0.15, 0.2) is 5.96 Å². The summed E-state index contributed by atoms with van der Waals surface area (Å²) >= 11 is 0. The summed E-state index contributed by atoms with van der Waals surface area (Å²) in [5.74, 6) is 2.13. The van der Waals surface area contributed by atoms with Gasteiger partial charge in [-0.15, -0.1) is 0 Å². The van der Waals surface area contributed by atoms with E-state index in [2.05, 4.69) is 41.4 Å². The number of nitrogens with zero attached hydrogens (tertiary/aromatic N) is 2. The van der Waals surface area contributed by atoms with Crippen LogP contribution in [0.5, 0.6) is 0 Å². The van der Waals surface area contributed by atoms with Crippen LogP contribution < -0.4 is 10.6 Å². The van der Waals surface area contributed by atoms with E-state index < -0.39 is 0 Å². The number of hydrogen-bond donors (Lipinski definition) is 2. The van der Waals surface area contributed by atoms with Crippen molar-refractivity contribution in [2.45, 2.75) is 33.7 Å². The van der Waals surface area contributed by atoms with Crippen molar-refractivity contribution >= 4 is 5.96 Å². The second kappa shape index (κ2) is 8.98. The lowest BCUT2D eigenvalue weighted by molar-refractivity contribution is 0.571. The molecule has 124 valence electrons. The smallest absolute Gasteiger partial charge is 0.226 e. The van der Waals surface area contributed by atoms with E-state index in [0.717, 1.165) is 36.7 Å². The van der Waals surface area contributed by atoms with Gasteiger partial charge in [0, 0.05) is 18.7 Å². The highest BCUT2D eigenvalue weighted by molar-refractivity contribution is 5.79. The van der Waals surface area contributed by atoms with E-state index in [9.17, 15) is 0 Å². The fourth-order valence-corrected chi connectivity index (χ4v) is 2.07. The number of rotatable bonds is 7. The van der Waals surface area contributed by atoms with Crippen molar-refractivity contribution in [3.05, 3.63) is 42.3 Å². The lowest BCUT2D eigenvalue weighted by Gasteiger charge is -2.11. The first kappa shape index (κ1) is 17.1. The predicted octanol–water partition coefficient (Wildman–Crippen LogP) is 3.44. The molecule has 5 heteroatoms. The molecule has 2 N–H and O–H groups in total. The minimum atomic E-state index is 0.493. The molecule has 1 aromatic heterocycles. The molecule has 0 fully saturated rings. The van der Waals surface area contributed by atoms with E-state index in [1.165, 1.54) is 0 Å². The molecule has 0 spiro atoms. The zero-order valence-corrected chi connectivity index (χ0v) is 14.2. The van der Waals surface area contributed by atoms with E-state index in [1.54, 1.807) is 6.26 Å². The SMILES string of the molecule is CCNC(=NCc1coc(-c2ccccc2)n1)NCCC(C)C. The molecule has 0 bridgehead atoms. The average Bonchev–Trinajstić information content (AvgIpc) is 3.02. The Morgan fingerprint density at radius 1 is 1.22 bits per heavy atom. The number of aromatic nitrogens is 1. The molecule has 1 heterocycles. The van der Waals surface area contributed by atoms with Crippen molar-refractivity contribution < 1.29 is 4.42 Å². The zero-order valence-electron chi connectivity index (χ0n) is 14.2. The van der Waals surface area contributed by atoms with Gasteiger partial charge in [-0.2, -0.15) is 0 Å². The first-order valence-corrected chi connectivity index (χ1v) is 8.21. The molecule has 1 aromatic carbocycles. The summed E-state index contributed by atoms with van der Waals surface area (Å²) in [6.45, 7) is 8.73. The van der Waals surface area contributed by atoms with E-state index >= 15 is 0 Å². The summed E-state index contributed by atoms with van der Waals surface area (Å²) in [5, 5.41) is 6.59. The second-order valence-electron chi connectivity index (χ2n) is 5.81. The molecule has 2 rings (SSSR count). The third-order valence-electron chi connectivity index (χ3n) is 3.33. The summed E-state index contributed by atoms with van der Waals surface area (Å²) in [4.78, 5) is 9.05. The molecule has 0 unspecified atom stereocenters. The van der Waals surface area contributed by atoms with Gasteiger partial charge in [-0.05, 0) is 31.4 Å². The van der Waals surface area contributed by atoms with E-state index in [-0.39, 0.29) is 0 Å². The Hall–Kier alpha value is -2.30. The van der Waals surface area contributed by atoms with E-state index in [1.807, 2.05) is 30.3 Å². The van der Waals surface area contributed by atoms with Crippen LogP contribution in [-0.4, -0.2) is 24.0 Å². The molecule has 0 atom stereocenters. The van der Waals surface area contributed by atoms with Crippen LogP contribution in [0.15, 0.2) is 46.0 Å². The van der Waals surface area contributed by atoms with Gasteiger partial charge in [-0.25, -0.2) is 9.98 Å². The summed E-state index contributed by atoms with van der Waals surface area (Å²) in [7, 11) is 0. The Morgan fingerprint density at radius 3 is 2.70 bits per heavy atom. The number of guanidine groups is 1. The highest BCUT2D eigenvalue weighted by atomic mass is 16.3. The van der Waals surface area contributed by atoms with Gasteiger partial charge in [0.2, 0.25) is 5.89 Å². The molecule has 0 radical (unpaired) electrons. The lowest BCUT2D eigenvalue weighted by atomic mass is 10.1. The number of aliphatic imine (C=N–C) groups is 1. The first-order chi connectivity index (χ1) is 11.2. The molecular formula is C18H26N4O. The van der Waals surface area contributed by atoms with Crippen molar-refractivity contribution in [2.24, 2.45) is 10.9 Å². The van der Waals surface area contributed by atoms with Gasteiger partial charge in [-0.1, -0.05) is 32.0 Å². The number of nitrogens with one attached hydrogen (secondary N) is 2. The van der Waals surface area contributed by atoms with Crippen LogP contribution in [0.3, 0.4) is 0 Å². The average molecular weight is 314 g/mol. The molecule has 23 heavy (non-hydrogen) atoms. The quantitative estimate of drug-likeness (QED) is 0.607. The maximum Gasteiger partial charge on any atom is 0.226 e. The predicted molar refractivity (Wildman–Crippen MR) is 94.2 cm³/mol. The molecule has 0 saturated heterocycles. The second-order valence-corrected chi connectivity index (χ2v) is 5.81. The third kappa shape index (κ3) is 5.77. The molecule has 5 nitrogen and oxygen atoms in total. The van der Waals surface area contributed by atoms with Gasteiger partial charge < -0.3 is 15.1 Å². The molecule has 0 aliphatic carbocycles. The highest BCUT2D eigenvalue weighted by Crippen LogP contribution is 2.18. The fraction of sp³-hybridized carbons (Fsp3) is 0.444. The number of benzene rings is 1. The first-order valence-electron chi connectivity index (χ1n) is 8.21. The van der Waals surface area contributed by atoms with Crippen LogP contribution in [-0.2, 0) is 6.54 Å². The van der Waals surface area contributed by atoms with Gasteiger partial charge in [0.25, 0.3) is 0 Å². The molecular weight excluding hydrogens is 288 g/mol. The zero-order chi connectivity index (χ0) is 16.5. The Kier molecular flexibility index (Phi) is 6.66. The Balaban J connectivity index is 1.95. The van der Waals surface area contributed by atoms with E-state index in [4.69, 9.17) is 4.42 Å². The van der Waals surface area contributed by atoms with Gasteiger partial charge in [0.05, 0.1) is 6.54 Å². The topological polar surface area (TPSA) is 62.5 Å². The maximum absolute atomic E-state index is 5.53. The van der Waals surface area contributed by atoms with Crippen molar-refractivity contribution in [2.75, 3.05) is 13.1 Å². The van der Waals surface area contributed by atoms with E-state index in [0.29, 0.717) is 18.4 Å². The van der Waals surface area contributed by atoms with Crippen LogP contribution in [0.4, 0.5) is 0 Å². The monoisotopic (exact) mass is 314 g/mol. The van der Waals surface area contributed by atoms with Gasteiger partial charge in [0.1, 0.15) is 12.0 Å². The fourth-order valence-electron chi connectivity index (χ4n) is 2.07. The minimum absolute atomic E-state index is 0.493. The Labute approximate surface area is 138 Å². The number of hydrogen-bond acceptors (Lipinski definition) is 3. The van der Waals surface area contributed by atoms with Gasteiger partial charge in [-0.3, -0.25) is 0 Å². The van der Waals surface area contributed by atoms with Crippen LogP contribution in [0, 0.1) is 5.92 Å². The number of oxazole rings is 1. The van der Waals surface area contributed by atoms with Crippen LogP contribution in [0.25, 0.3) is 11.5 Å². The standard InChI is InChI=1S/C18H26N4O/c1-4-19-18(20-11-10-14(2)3)21-12-16-13-23-17(22-16)15-8-6-5-7-9-15/h5-9,13-14H,4,10-12H2,1-3H3,(H2,19,20,21).